The largest absolute Gasteiger partial charge is 0.478 e. The summed E-state index contributed by atoms with van der Waals surface area (Å²) >= 11 is 0. The van der Waals surface area contributed by atoms with Crippen molar-refractivity contribution in [3.63, 3.8) is 0 Å². The van der Waals surface area contributed by atoms with Crippen LogP contribution < -0.4 is 0 Å². The molecule has 0 saturated carbocycles. The number of hydrogen-bond donors (Lipinski definition) is 1. The van der Waals surface area contributed by atoms with Crippen molar-refractivity contribution >= 4 is 15.8 Å². The number of hydrogen-bond acceptors (Lipinski definition) is 5. The van der Waals surface area contributed by atoms with Gasteiger partial charge in [-0.1, -0.05) is 0 Å². The summed E-state index contributed by atoms with van der Waals surface area (Å²) in [6.07, 6.45) is 0. The molecule has 0 aliphatic carbocycles. The standard InChI is InChI=1S/C13H17FO6S/c1-9-11(14)7-10(13(15)16)8-12(9)21(17,18)6-5-20-4-3-19-2/h7-8H,3-6H2,1-2H3,(H,15,16). The van der Waals surface area contributed by atoms with Crippen molar-refractivity contribution < 1.29 is 32.2 Å². The van der Waals surface area contributed by atoms with E-state index in [0.717, 1.165) is 12.1 Å². The molecule has 0 unspecified atom stereocenters. The van der Waals surface area contributed by atoms with Crippen LogP contribution in [-0.4, -0.2) is 52.2 Å². The Hall–Kier alpha value is -1.51. The summed E-state index contributed by atoms with van der Waals surface area (Å²) in [6, 6.07) is 1.76. The van der Waals surface area contributed by atoms with E-state index >= 15 is 0 Å². The van der Waals surface area contributed by atoms with Gasteiger partial charge in [-0.3, -0.25) is 0 Å². The number of benzene rings is 1. The van der Waals surface area contributed by atoms with Gasteiger partial charge in [0.2, 0.25) is 0 Å². The molecule has 21 heavy (non-hydrogen) atoms. The molecule has 8 heteroatoms. The van der Waals surface area contributed by atoms with Crippen molar-refractivity contribution in [3.05, 3.63) is 29.1 Å². The van der Waals surface area contributed by atoms with Crippen LogP contribution in [0.2, 0.25) is 0 Å². The number of rotatable bonds is 8. The SMILES string of the molecule is COCCOCCS(=O)(=O)c1cc(C(=O)O)cc(F)c1C. The third-order valence-corrected chi connectivity index (χ3v) is 4.61. The van der Waals surface area contributed by atoms with Gasteiger partial charge in [-0.05, 0) is 19.1 Å². The Morgan fingerprint density at radius 3 is 2.52 bits per heavy atom. The number of methoxy groups -OCH3 is 1. The number of aromatic carboxylic acids is 1. The maximum absolute atomic E-state index is 13.6. The van der Waals surface area contributed by atoms with Crippen molar-refractivity contribution in [2.24, 2.45) is 0 Å². The van der Waals surface area contributed by atoms with E-state index in [9.17, 15) is 17.6 Å². The van der Waals surface area contributed by atoms with Crippen LogP contribution in [0.25, 0.3) is 0 Å². The summed E-state index contributed by atoms with van der Waals surface area (Å²) in [5.41, 5.74) is -0.506. The molecule has 0 bridgehead atoms. The van der Waals surface area contributed by atoms with Gasteiger partial charge in [0.1, 0.15) is 5.82 Å². The molecule has 0 radical (unpaired) electrons. The Morgan fingerprint density at radius 2 is 1.95 bits per heavy atom. The summed E-state index contributed by atoms with van der Waals surface area (Å²) in [5.74, 6) is -2.62. The first-order valence-electron chi connectivity index (χ1n) is 6.12. The van der Waals surface area contributed by atoms with Crippen LogP contribution in [0.1, 0.15) is 15.9 Å². The molecule has 0 aliphatic rings. The molecule has 118 valence electrons. The molecule has 0 aromatic heterocycles. The molecular weight excluding hydrogens is 303 g/mol. The second-order valence-corrected chi connectivity index (χ2v) is 6.39. The highest BCUT2D eigenvalue weighted by Gasteiger charge is 2.22. The van der Waals surface area contributed by atoms with E-state index in [4.69, 9.17) is 14.6 Å². The molecule has 1 N–H and O–H groups in total. The van der Waals surface area contributed by atoms with Crippen molar-refractivity contribution in [2.75, 3.05) is 32.7 Å². The first-order chi connectivity index (χ1) is 9.79. The molecule has 0 amide bonds. The van der Waals surface area contributed by atoms with E-state index in [1.165, 1.54) is 14.0 Å². The van der Waals surface area contributed by atoms with Gasteiger partial charge in [0, 0.05) is 12.7 Å². The molecule has 0 aliphatic heterocycles. The summed E-state index contributed by atoms with van der Waals surface area (Å²) in [7, 11) is -2.34. The van der Waals surface area contributed by atoms with Gasteiger partial charge in [-0.25, -0.2) is 17.6 Å². The molecule has 1 rings (SSSR count). The second-order valence-electron chi connectivity index (χ2n) is 4.31. The molecule has 0 spiro atoms. The third kappa shape index (κ3) is 4.76. The molecule has 0 atom stereocenters. The molecule has 1 aromatic carbocycles. The quantitative estimate of drug-likeness (QED) is 0.726. The van der Waals surface area contributed by atoms with Crippen molar-refractivity contribution in [1.82, 2.24) is 0 Å². The van der Waals surface area contributed by atoms with Gasteiger partial charge < -0.3 is 14.6 Å². The molecular formula is C13H17FO6S. The number of carbonyl (C=O) groups is 1. The van der Waals surface area contributed by atoms with Crippen LogP contribution >= 0.6 is 0 Å². The zero-order valence-corrected chi connectivity index (χ0v) is 12.6. The fraction of sp³-hybridized carbons (Fsp3) is 0.462. The van der Waals surface area contributed by atoms with Gasteiger partial charge in [-0.2, -0.15) is 0 Å². The number of carboxylic acid groups (broad SMARTS) is 1. The zero-order chi connectivity index (χ0) is 16.0. The molecule has 0 fully saturated rings. The average Bonchev–Trinajstić information content (AvgIpc) is 2.40. The number of sulfone groups is 1. The number of ether oxygens (including phenoxy) is 2. The Bertz CT molecular complexity index is 611. The van der Waals surface area contributed by atoms with E-state index in [-0.39, 0.29) is 29.4 Å². The second kappa shape index (κ2) is 7.48. The minimum Gasteiger partial charge on any atom is -0.478 e. The van der Waals surface area contributed by atoms with E-state index in [1.807, 2.05) is 0 Å². The Kier molecular flexibility index (Phi) is 6.25. The van der Waals surface area contributed by atoms with Gasteiger partial charge in [0.25, 0.3) is 0 Å². The summed E-state index contributed by atoms with van der Waals surface area (Å²) in [4.78, 5) is 10.6. The first-order valence-corrected chi connectivity index (χ1v) is 7.77. The van der Waals surface area contributed by atoms with Crippen molar-refractivity contribution in [2.45, 2.75) is 11.8 Å². The summed E-state index contributed by atoms with van der Waals surface area (Å²) in [6.45, 7) is 1.79. The Balaban J connectivity index is 2.94. The van der Waals surface area contributed by atoms with Crippen LogP contribution in [0.15, 0.2) is 17.0 Å². The van der Waals surface area contributed by atoms with E-state index in [1.54, 1.807) is 0 Å². The smallest absolute Gasteiger partial charge is 0.335 e. The lowest BCUT2D eigenvalue weighted by Crippen LogP contribution is -2.16. The van der Waals surface area contributed by atoms with E-state index in [2.05, 4.69) is 0 Å². The van der Waals surface area contributed by atoms with Gasteiger partial charge in [0.05, 0.1) is 36.0 Å². The summed E-state index contributed by atoms with van der Waals surface area (Å²) < 4.78 is 47.7. The third-order valence-electron chi connectivity index (χ3n) is 2.81. The monoisotopic (exact) mass is 320 g/mol. The predicted octanol–water partition coefficient (Wildman–Crippen LogP) is 1.27. The topological polar surface area (TPSA) is 89.9 Å². The van der Waals surface area contributed by atoms with Crippen LogP contribution in [0.3, 0.4) is 0 Å². The van der Waals surface area contributed by atoms with Gasteiger partial charge in [-0.15, -0.1) is 0 Å². The minimum absolute atomic E-state index is 0.0793. The lowest BCUT2D eigenvalue weighted by atomic mass is 10.1. The lowest BCUT2D eigenvalue weighted by molar-refractivity contribution is 0.0696. The van der Waals surface area contributed by atoms with Gasteiger partial charge in [0.15, 0.2) is 9.84 Å². The zero-order valence-electron chi connectivity index (χ0n) is 11.8. The molecule has 0 saturated heterocycles. The fourth-order valence-corrected chi connectivity index (χ4v) is 3.05. The Labute approximate surface area is 122 Å². The normalized spacial score (nSPS) is 11.6. The minimum atomic E-state index is -3.83. The fourth-order valence-electron chi connectivity index (χ4n) is 1.62. The Morgan fingerprint density at radius 1 is 1.29 bits per heavy atom. The maximum Gasteiger partial charge on any atom is 0.335 e. The molecule has 6 nitrogen and oxygen atoms in total. The van der Waals surface area contributed by atoms with E-state index < -0.39 is 27.2 Å². The predicted molar refractivity (Wildman–Crippen MR) is 72.8 cm³/mol. The van der Waals surface area contributed by atoms with Crippen LogP contribution in [0.4, 0.5) is 4.39 Å². The van der Waals surface area contributed by atoms with Crippen LogP contribution in [0.5, 0.6) is 0 Å². The van der Waals surface area contributed by atoms with Crippen LogP contribution in [-0.2, 0) is 19.3 Å². The first kappa shape index (κ1) is 17.5. The molecule has 1 aromatic rings. The molecule has 0 heterocycles. The average molecular weight is 320 g/mol. The highest BCUT2D eigenvalue weighted by Crippen LogP contribution is 2.22. The van der Waals surface area contributed by atoms with Crippen molar-refractivity contribution in [3.8, 4) is 0 Å². The highest BCUT2D eigenvalue weighted by atomic mass is 32.2. The summed E-state index contributed by atoms with van der Waals surface area (Å²) in [5, 5.41) is 8.86. The maximum atomic E-state index is 13.6. The lowest BCUT2D eigenvalue weighted by Gasteiger charge is -2.10. The van der Waals surface area contributed by atoms with Crippen LogP contribution in [0, 0.1) is 12.7 Å². The van der Waals surface area contributed by atoms with E-state index in [0.29, 0.717) is 6.61 Å². The highest BCUT2D eigenvalue weighted by molar-refractivity contribution is 7.91. The van der Waals surface area contributed by atoms with Gasteiger partial charge >= 0.3 is 5.97 Å². The van der Waals surface area contributed by atoms with Crippen molar-refractivity contribution in [1.29, 1.82) is 0 Å². The number of carboxylic acids is 1. The number of halogens is 1.